The Labute approximate surface area is 139 Å². The van der Waals surface area contributed by atoms with Crippen LogP contribution in [-0.4, -0.2) is 15.8 Å². The predicted molar refractivity (Wildman–Crippen MR) is 98.3 cm³/mol. The Morgan fingerprint density at radius 3 is 2.43 bits per heavy atom. The van der Waals surface area contributed by atoms with E-state index >= 15 is 0 Å². The van der Waals surface area contributed by atoms with Crippen LogP contribution in [0.15, 0.2) is 0 Å². The van der Waals surface area contributed by atoms with Gasteiger partial charge in [-0.15, -0.1) is 11.3 Å². The molecule has 0 aromatic carbocycles. The number of aromatic nitrogens is 1. The summed E-state index contributed by atoms with van der Waals surface area (Å²) >= 11 is 3.92. The minimum Gasteiger partial charge on any atom is -0.307 e. The standard InChI is InChI=1S/C17H32N2S2/c1-8-13(4)20-11-16-19-14(9-12(2)3)15(21-16)10-18-17(5,6)7/h12-13,18H,8-11H2,1-7H3. The number of hydrogen-bond donors (Lipinski definition) is 1. The first-order valence-electron chi connectivity index (χ1n) is 8.05. The molecule has 122 valence electrons. The Kier molecular flexibility index (Phi) is 7.72. The van der Waals surface area contributed by atoms with Crippen molar-refractivity contribution in [3.8, 4) is 0 Å². The van der Waals surface area contributed by atoms with Gasteiger partial charge in [0.15, 0.2) is 0 Å². The van der Waals surface area contributed by atoms with E-state index < -0.39 is 0 Å². The molecule has 1 atom stereocenters. The molecule has 0 aliphatic heterocycles. The van der Waals surface area contributed by atoms with Crippen LogP contribution in [0.5, 0.6) is 0 Å². The van der Waals surface area contributed by atoms with Crippen LogP contribution in [0.1, 0.15) is 70.5 Å². The van der Waals surface area contributed by atoms with Crippen LogP contribution in [0.2, 0.25) is 0 Å². The van der Waals surface area contributed by atoms with Crippen molar-refractivity contribution >= 4 is 23.1 Å². The molecule has 0 amide bonds. The second-order valence-electron chi connectivity index (χ2n) is 7.21. The van der Waals surface area contributed by atoms with Gasteiger partial charge in [0.25, 0.3) is 0 Å². The summed E-state index contributed by atoms with van der Waals surface area (Å²) in [5.41, 5.74) is 1.47. The molecule has 4 heteroatoms. The molecule has 0 spiro atoms. The topological polar surface area (TPSA) is 24.9 Å². The SMILES string of the molecule is CCC(C)SCc1nc(CC(C)C)c(CNC(C)(C)C)s1. The van der Waals surface area contributed by atoms with Crippen molar-refractivity contribution in [1.82, 2.24) is 10.3 Å². The monoisotopic (exact) mass is 328 g/mol. The van der Waals surface area contributed by atoms with Crippen LogP contribution in [0.4, 0.5) is 0 Å². The summed E-state index contributed by atoms with van der Waals surface area (Å²) < 4.78 is 0. The van der Waals surface area contributed by atoms with Crippen molar-refractivity contribution in [2.75, 3.05) is 0 Å². The quantitative estimate of drug-likeness (QED) is 0.704. The second kappa shape index (κ2) is 8.54. The molecule has 0 aliphatic carbocycles. The lowest BCUT2D eigenvalue weighted by molar-refractivity contribution is 0.425. The average molecular weight is 329 g/mol. The molecular weight excluding hydrogens is 296 g/mol. The zero-order valence-corrected chi connectivity index (χ0v) is 16.4. The average Bonchev–Trinajstić information content (AvgIpc) is 2.74. The van der Waals surface area contributed by atoms with Crippen LogP contribution in [0.3, 0.4) is 0 Å². The zero-order valence-electron chi connectivity index (χ0n) is 14.7. The van der Waals surface area contributed by atoms with Gasteiger partial charge in [0.2, 0.25) is 0 Å². The zero-order chi connectivity index (χ0) is 16.0. The normalized spacial score (nSPS) is 13.9. The fraction of sp³-hybridized carbons (Fsp3) is 0.824. The highest BCUT2D eigenvalue weighted by atomic mass is 32.2. The highest BCUT2D eigenvalue weighted by Crippen LogP contribution is 2.27. The Bertz CT molecular complexity index is 419. The lowest BCUT2D eigenvalue weighted by Gasteiger charge is -2.20. The molecule has 0 aliphatic rings. The number of thiazole rings is 1. The van der Waals surface area contributed by atoms with E-state index in [9.17, 15) is 0 Å². The summed E-state index contributed by atoms with van der Waals surface area (Å²) in [6, 6.07) is 0. The first kappa shape index (κ1) is 19.0. The second-order valence-corrected chi connectivity index (χ2v) is 9.80. The van der Waals surface area contributed by atoms with Gasteiger partial charge >= 0.3 is 0 Å². The van der Waals surface area contributed by atoms with E-state index in [1.54, 1.807) is 0 Å². The molecule has 0 saturated carbocycles. The van der Waals surface area contributed by atoms with Gasteiger partial charge < -0.3 is 5.32 Å². The van der Waals surface area contributed by atoms with Gasteiger partial charge in [-0.25, -0.2) is 4.98 Å². The molecule has 1 aromatic rings. The van der Waals surface area contributed by atoms with Crippen molar-refractivity contribution < 1.29 is 0 Å². The van der Waals surface area contributed by atoms with Gasteiger partial charge in [0.1, 0.15) is 5.01 Å². The lowest BCUT2D eigenvalue weighted by atomic mass is 10.1. The first-order chi connectivity index (χ1) is 9.71. The summed E-state index contributed by atoms with van der Waals surface area (Å²) in [4.78, 5) is 6.34. The number of hydrogen-bond acceptors (Lipinski definition) is 4. The summed E-state index contributed by atoms with van der Waals surface area (Å²) in [6.45, 7) is 16.7. The van der Waals surface area contributed by atoms with Gasteiger partial charge in [-0.3, -0.25) is 0 Å². The fourth-order valence-electron chi connectivity index (χ4n) is 1.86. The summed E-state index contributed by atoms with van der Waals surface area (Å²) in [5.74, 6) is 1.72. The Hall–Kier alpha value is -0.0600. The summed E-state index contributed by atoms with van der Waals surface area (Å²) in [6.07, 6.45) is 2.32. The Morgan fingerprint density at radius 1 is 1.24 bits per heavy atom. The maximum Gasteiger partial charge on any atom is 0.103 e. The van der Waals surface area contributed by atoms with Gasteiger partial charge in [0.05, 0.1) is 5.69 Å². The molecule has 1 N–H and O–H groups in total. The highest BCUT2D eigenvalue weighted by Gasteiger charge is 2.16. The largest absolute Gasteiger partial charge is 0.307 e. The predicted octanol–water partition coefficient (Wildman–Crippen LogP) is 5.26. The molecular formula is C17H32N2S2. The Morgan fingerprint density at radius 2 is 1.90 bits per heavy atom. The van der Waals surface area contributed by atoms with Crippen molar-refractivity contribution in [3.05, 3.63) is 15.6 Å². The van der Waals surface area contributed by atoms with Crippen LogP contribution in [0, 0.1) is 5.92 Å². The Balaban J connectivity index is 2.75. The lowest BCUT2D eigenvalue weighted by Crippen LogP contribution is -2.35. The van der Waals surface area contributed by atoms with E-state index in [1.165, 1.54) is 22.0 Å². The number of thioether (sulfide) groups is 1. The molecule has 2 nitrogen and oxygen atoms in total. The van der Waals surface area contributed by atoms with Crippen molar-refractivity contribution in [3.63, 3.8) is 0 Å². The highest BCUT2D eigenvalue weighted by molar-refractivity contribution is 7.99. The van der Waals surface area contributed by atoms with Gasteiger partial charge in [0, 0.05) is 28.0 Å². The first-order valence-corrected chi connectivity index (χ1v) is 9.91. The van der Waals surface area contributed by atoms with Crippen molar-refractivity contribution in [2.45, 2.75) is 84.4 Å². The van der Waals surface area contributed by atoms with Crippen LogP contribution in [-0.2, 0) is 18.7 Å². The third-order valence-electron chi connectivity index (χ3n) is 3.27. The maximum absolute atomic E-state index is 4.91. The van der Waals surface area contributed by atoms with E-state index in [0.29, 0.717) is 5.92 Å². The molecule has 0 radical (unpaired) electrons. The minimum atomic E-state index is 0.157. The van der Waals surface area contributed by atoms with Crippen LogP contribution >= 0.6 is 23.1 Å². The van der Waals surface area contributed by atoms with Gasteiger partial charge in [-0.05, 0) is 39.5 Å². The van der Waals surface area contributed by atoms with E-state index in [-0.39, 0.29) is 5.54 Å². The molecule has 1 aromatic heterocycles. The van der Waals surface area contributed by atoms with E-state index in [4.69, 9.17) is 4.98 Å². The van der Waals surface area contributed by atoms with Gasteiger partial charge in [-0.2, -0.15) is 11.8 Å². The molecule has 1 heterocycles. The number of nitrogens with one attached hydrogen (secondary N) is 1. The molecule has 1 unspecified atom stereocenters. The van der Waals surface area contributed by atoms with Crippen molar-refractivity contribution in [2.24, 2.45) is 5.92 Å². The molecule has 0 fully saturated rings. The van der Waals surface area contributed by atoms with Crippen LogP contribution < -0.4 is 5.32 Å². The third kappa shape index (κ3) is 7.66. The summed E-state index contributed by atoms with van der Waals surface area (Å²) in [5, 5.41) is 5.62. The molecule has 0 bridgehead atoms. The fourth-order valence-corrected chi connectivity index (χ4v) is 3.86. The molecule has 21 heavy (non-hydrogen) atoms. The van der Waals surface area contributed by atoms with Crippen LogP contribution in [0.25, 0.3) is 0 Å². The molecule has 1 rings (SSSR count). The summed E-state index contributed by atoms with van der Waals surface area (Å²) in [7, 11) is 0. The van der Waals surface area contributed by atoms with E-state index in [1.807, 2.05) is 23.1 Å². The van der Waals surface area contributed by atoms with E-state index in [2.05, 4.69) is 53.8 Å². The smallest absolute Gasteiger partial charge is 0.103 e. The maximum atomic E-state index is 4.91. The number of rotatable bonds is 8. The minimum absolute atomic E-state index is 0.157. The molecule has 0 saturated heterocycles. The van der Waals surface area contributed by atoms with E-state index in [0.717, 1.165) is 24.0 Å². The number of nitrogens with zero attached hydrogens (tertiary/aromatic N) is 1. The van der Waals surface area contributed by atoms with Gasteiger partial charge in [-0.1, -0.05) is 27.7 Å². The van der Waals surface area contributed by atoms with Crippen molar-refractivity contribution in [1.29, 1.82) is 0 Å². The third-order valence-corrected chi connectivity index (χ3v) is 5.89.